The van der Waals surface area contributed by atoms with Gasteiger partial charge in [0, 0.05) is 23.2 Å². The van der Waals surface area contributed by atoms with Gasteiger partial charge in [0.2, 0.25) is 5.44 Å². The lowest BCUT2D eigenvalue weighted by atomic mass is 9.78. The molecule has 6 heteroatoms. The number of nitrogens with zero attached hydrogens (tertiary/aromatic N) is 1. The van der Waals surface area contributed by atoms with Crippen molar-refractivity contribution in [3.8, 4) is 5.75 Å². The van der Waals surface area contributed by atoms with E-state index in [4.69, 9.17) is 16.3 Å². The van der Waals surface area contributed by atoms with Crippen LogP contribution in [0.2, 0.25) is 5.02 Å². The van der Waals surface area contributed by atoms with E-state index in [1.54, 1.807) is 6.07 Å². The van der Waals surface area contributed by atoms with E-state index in [1.165, 1.54) is 11.8 Å². The molecule has 2 aromatic rings. The number of hydrogen-bond donors (Lipinski definition) is 1. The average molecular weight is 379 g/mol. The van der Waals surface area contributed by atoms with Gasteiger partial charge in [0.15, 0.2) is 0 Å². The molecule has 1 aromatic heterocycles. The molecule has 3 rings (SSSR count). The molecular formula is C19H23ClN2O2S. The molecule has 1 amide bonds. The minimum absolute atomic E-state index is 0.0879. The van der Waals surface area contributed by atoms with E-state index in [9.17, 15) is 4.79 Å². The van der Waals surface area contributed by atoms with Crippen molar-refractivity contribution in [2.45, 2.75) is 50.5 Å². The molecule has 1 aromatic carbocycles. The number of amides is 1. The molecule has 0 aliphatic heterocycles. The van der Waals surface area contributed by atoms with Gasteiger partial charge in [-0.1, -0.05) is 18.5 Å². The standard InChI is InChI=1S/C19H23ClN2O2S/c1-4-12-8-13-9-14(10-15(20)16(13)21-11-12)24-18(25-3)17(23)22-19(2)6-5-7-19/h8-11,18H,4-7H2,1-3H3,(H,22,23). The maximum absolute atomic E-state index is 12.5. The van der Waals surface area contributed by atoms with Crippen LogP contribution in [0.3, 0.4) is 0 Å². The first kappa shape index (κ1) is 18.3. The summed E-state index contributed by atoms with van der Waals surface area (Å²) in [6, 6.07) is 5.68. The molecule has 1 atom stereocenters. The van der Waals surface area contributed by atoms with E-state index in [2.05, 4.69) is 30.2 Å². The van der Waals surface area contributed by atoms with Gasteiger partial charge in [-0.25, -0.2) is 0 Å². The molecule has 1 heterocycles. The molecule has 1 unspecified atom stereocenters. The lowest BCUT2D eigenvalue weighted by Crippen LogP contribution is -2.54. The monoisotopic (exact) mass is 378 g/mol. The van der Waals surface area contributed by atoms with Crippen LogP contribution in [-0.2, 0) is 11.2 Å². The van der Waals surface area contributed by atoms with Crippen LogP contribution < -0.4 is 10.1 Å². The van der Waals surface area contributed by atoms with E-state index in [0.717, 1.165) is 42.1 Å². The maximum atomic E-state index is 12.5. The van der Waals surface area contributed by atoms with Gasteiger partial charge in [0.05, 0.1) is 10.5 Å². The number of carbonyl (C=O) groups excluding carboxylic acids is 1. The summed E-state index contributed by atoms with van der Waals surface area (Å²) in [5, 5.41) is 4.56. The zero-order chi connectivity index (χ0) is 18.0. The molecule has 4 nitrogen and oxygen atoms in total. The number of rotatable bonds is 6. The van der Waals surface area contributed by atoms with Gasteiger partial charge in [0.25, 0.3) is 5.91 Å². The highest BCUT2D eigenvalue weighted by Gasteiger charge is 2.35. The lowest BCUT2D eigenvalue weighted by Gasteiger charge is -2.39. The van der Waals surface area contributed by atoms with Gasteiger partial charge in [0.1, 0.15) is 5.75 Å². The number of benzene rings is 1. The number of nitrogens with one attached hydrogen (secondary N) is 1. The molecule has 134 valence electrons. The van der Waals surface area contributed by atoms with Crippen LogP contribution in [0.5, 0.6) is 5.75 Å². The van der Waals surface area contributed by atoms with E-state index >= 15 is 0 Å². The van der Waals surface area contributed by atoms with Crippen molar-refractivity contribution in [1.29, 1.82) is 0 Å². The molecule has 0 spiro atoms. The number of halogens is 1. The molecule has 1 aliphatic carbocycles. The van der Waals surface area contributed by atoms with Gasteiger partial charge in [-0.2, -0.15) is 0 Å². The number of aromatic nitrogens is 1. The van der Waals surface area contributed by atoms with Crippen LogP contribution in [-0.4, -0.2) is 28.1 Å². The summed E-state index contributed by atoms with van der Waals surface area (Å²) >= 11 is 7.73. The molecule has 1 fully saturated rings. The molecule has 1 aliphatic rings. The van der Waals surface area contributed by atoms with Crippen LogP contribution in [0.1, 0.15) is 38.7 Å². The summed E-state index contributed by atoms with van der Waals surface area (Å²) in [6.45, 7) is 4.16. The Labute approximate surface area is 157 Å². The third-order valence-corrected chi connectivity index (χ3v) is 5.75. The Bertz CT molecular complexity index is 792. The number of aryl methyl sites for hydroxylation is 1. The number of thioether (sulfide) groups is 1. The number of ether oxygens (including phenoxy) is 1. The number of fused-ring (bicyclic) bond motifs is 1. The minimum atomic E-state index is -0.603. The van der Waals surface area contributed by atoms with Crippen LogP contribution in [0.4, 0.5) is 0 Å². The smallest absolute Gasteiger partial charge is 0.272 e. The Morgan fingerprint density at radius 3 is 2.80 bits per heavy atom. The SMILES string of the molecule is CCc1cnc2c(Cl)cc(OC(SC)C(=O)NC3(C)CCC3)cc2c1. The van der Waals surface area contributed by atoms with Gasteiger partial charge in [-0.15, -0.1) is 11.8 Å². The first-order valence-corrected chi connectivity index (χ1v) is 10.2. The van der Waals surface area contributed by atoms with Crippen LogP contribution in [0.15, 0.2) is 24.4 Å². The summed E-state index contributed by atoms with van der Waals surface area (Å²) in [4.78, 5) is 17.0. The van der Waals surface area contributed by atoms with Crippen molar-refractivity contribution in [2.75, 3.05) is 6.26 Å². The first-order valence-electron chi connectivity index (χ1n) is 8.54. The summed E-state index contributed by atoms with van der Waals surface area (Å²) in [6.07, 6.45) is 7.81. The summed E-state index contributed by atoms with van der Waals surface area (Å²) < 4.78 is 5.94. The van der Waals surface area contributed by atoms with Crippen molar-refractivity contribution < 1.29 is 9.53 Å². The molecule has 0 radical (unpaired) electrons. The molecule has 0 bridgehead atoms. The Kier molecular flexibility index (Phi) is 5.44. The Morgan fingerprint density at radius 1 is 1.44 bits per heavy atom. The topological polar surface area (TPSA) is 51.2 Å². The van der Waals surface area contributed by atoms with E-state index < -0.39 is 5.44 Å². The second kappa shape index (κ2) is 7.42. The lowest BCUT2D eigenvalue weighted by molar-refractivity contribution is -0.127. The van der Waals surface area contributed by atoms with Crippen molar-refractivity contribution in [3.05, 3.63) is 35.0 Å². The minimum Gasteiger partial charge on any atom is -0.470 e. The second-order valence-corrected chi connectivity index (χ2v) is 8.07. The van der Waals surface area contributed by atoms with Crippen LogP contribution in [0, 0.1) is 0 Å². The normalized spacial score (nSPS) is 17.0. The number of pyridine rings is 1. The Hall–Kier alpha value is -1.46. The summed E-state index contributed by atoms with van der Waals surface area (Å²) in [5.41, 5.74) is 1.19. The van der Waals surface area contributed by atoms with Crippen molar-refractivity contribution in [2.24, 2.45) is 0 Å². The second-order valence-electron chi connectivity index (χ2n) is 6.76. The summed E-state index contributed by atoms with van der Waals surface area (Å²) in [5.74, 6) is 0.493. The quantitative estimate of drug-likeness (QED) is 0.747. The zero-order valence-electron chi connectivity index (χ0n) is 14.8. The highest BCUT2D eigenvalue weighted by atomic mass is 35.5. The zero-order valence-corrected chi connectivity index (χ0v) is 16.3. The van der Waals surface area contributed by atoms with E-state index in [1.807, 2.05) is 18.5 Å². The Balaban J connectivity index is 1.81. The summed E-state index contributed by atoms with van der Waals surface area (Å²) in [7, 11) is 0. The fourth-order valence-electron chi connectivity index (χ4n) is 3.01. The predicted molar refractivity (Wildman–Crippen MR) is 104 cm³/mol. The average Bonchev–Trinajstić information content (AvgIpc) is 2.57. The third-order valence-electron chi connectivity index (χ3n) is 4.73. The van der Waals surface area contributed by atoms with Crippen LogP contribution in [0.25, 0.3) is 10.9 Å². The number of carbonyl (C=O) groups is 1. The van der Waals surface area contributed by atoms with Crippen LogP contribution >= 0.6 is 23.4 Å². The third kappa shape index (κ3) is 4.04. The van der Waals surface area contributed by atoms with Crippen molar-refractivity contribution in [3.63, 3.8) is 0 Å². The van der Waals surface area contributed by atoms with E-state index in [-0.39, 0.29) is 11.4 Å². The van der Waals surface area contributed by atoms with Crippen molar-refractivity contribution >= 4 is 40.2 Å². The number of hydrogen-bond acceptors (Lipinski definition) is 4. The predicted octanol–water partition coefficient (Wildman–Crippen LogP) is 4.58. The first-order chi connectivity index (χ1) is 11.9. The molecular weight excluding hydrogens is 356 g/mol. The van der Waals surface area contributed by atoms with Gasteiger partial charge >= 0.3 is 0 Å². The van der Waals surface area contributed by atoms with E-state index in [0.29, 0.717) is 10.8 Å². The highest BCUT2D eigenvalue weighted by molar-refractivity contribution is 7.99. The maximum Gasteiger partial charge on any atom is 0.272 e. The molecule has 1 N–H and O–H groups in total. The molecule has 0 saturated heterocycles. The van der Waals surface area contributed by atoms with Gasteiger partial charge in [-0.3, -0.25) is 9.78 Å². The fraction of sp³-hybridized carbons (Fsp3) is 0.474. The molecule has 1 saturated carbocycles. The largest absolute Gasteiger partial charge is 0.470 e. The van der Waals surface area contributed by atoms with Crippen molar-refractivity contribution in [1.82, 2.24) is 10.3 Å². The highest BCUT2D eigenvalue weighted by Crippen LogP contribution is 2.32. The fourth-order valence-corrected chi connectivity index (χ4v) is 3.75. The Morgan fingerprint density at radius 2 is 2.20 bits per heavy atom. The molecule has 25 heavy (non-hydrogen) atoms. The van der Waals surface area contributed by atoms with Gasteiger partial charge < -0.3 is 10.1 Å². The van der Waals surface area contributed by atoms with Gasteiger partial charge in [-0.05, 0) is 56.6 Å².